The highest BCUT2D eigenvalue weighted by atomic mass is 16.5. The minimum absolute atomic E-state index is 0.0246. The SMILES string of the molecule is O=c1ccc2c([C@@H](O)CNCCOc3ccc(OCCN4CCCCC4)cc3)ccc(O)c2[nH]1. The van der Waals surface area contributed by atoms with E-state index in [0.29, 0.717) is 42.8 Å². The van der Waals surface area contributed by atoms with Crippen LogP contribution in [0.2, 0.25) is 0 Å². The zero-order valence-corrected chi connectivity index (χ0v) is 19.3. The number of hydrogen-bond donors (Lipinski definition) is 4. The molecule has 8 heteroatoms. The quantitative estimate of drug-likeness (QED) is 0.321. The van der Waals surface area contributed by atoms with E-state index in [1.54, 1.807) is 12.1 Å². The van der Waals surface area contributed by atoms with Crippen LogP contribution in [0.5, 0.6) is 17.2 Å². The third kappa shape index (κ3) is 6.50. The van der Waals surface area contributed by atoms with Gasteiger partial charge in [0, 0.05) is 31.1 Å². The maximum absolute atomic E-state index is 11.5. The molecule has 1 atom stereocenters. The number of phenols is 1. The van der Waals surface area contributed by atoms with Gasteiger partial charge in [0.05, 0.1) is 11.6 Å². The monoisotopic (exact) mass is 467 g/mol. The van der Waals surface area contributed by atoms with Gasteiger partial charge in [0.2, 0.25) is 5.56 Å². The Balaban J connectivity index is 1.17. The fourth-order valence-electron chi connectivity index (χ4n) is 4.25. The molecule has 0 bridgehead atoms. The third-order valence-electron chi connectivity index (χ3n) is 6.10. The molecular weight excluding hydrogens is 434 g/mol. The zero-order valence-electron chi connectivity index (χ0n) is 19.3. The molecule has 2 heterocycles. The van der Waals surface area contributed by atoms with Crippen LogP contribution >= 0.6 is 0 Å². The molecule has 0 unspecified atom stereocenters. The Kier molecular flexibility index (Phi) is 8.41. The normalized spacial score (nSPS) is 15.3. The van der Waals surface area contributed by atoms with Gasteiger partial charge in [0.15, 0.2) is 0 Å². The topological polar surface area (TPSA) is 107 Å². The van der Waals surface area contributed by atoms with Crippen molar-refractivity contribution in [3.63, 3.8) is 0 Å². The van der Waals surface area contributed by atoms with Crippen LogP contribution in [-0.4, -0.2) is 66.0 Å². The number of pyridine rings is 1. The standard InChI is InChI=1S/C26H33N3O5/c30-23-10-8-21(22-9-11-25(32)28-26(22)23)24(31)18-27-12-16-33-19-4-6-20(7-5-19)34-17-15-29-13-2-1-3-14-29/h4-11,24,27,30-31H,1-3,12-18H2,(H,28,32)/t24-/m0/s1. The van der Waals surface area contributed by atoms with E-state index in [1.165, 1.54) is 44.5 Å². The second kappa shape index (κ2) is 11.9. The highest BCUT2D eigenvalue weighted by Crippen LogP contribution is 2.28. The predicted molar refractivity (Wildman–Crippen MR) is 132 cm³/mol. The van der Waals surface area contributed by atoms with Gasteiger partial charge in [-0.25, -0.2) is 0 Å². The minimum atomic E-state index is -0.796. The van der Waals surface area contributed by atoms with Crippen LogP contribution < -0.4 is 20.3 Å². The average molecular weight is 468 g/mol. The van der Waals surface area contributed by atoms with Crippen molar-refractivity contribution in [2.24, 2.45) is 0 Å². The van der Waals surface area contributed by atoms with Crippen LogP contribution in [0, 0.1) is 0 Å². The molecule has 1 aromatic heterocycles. The van der Waals surface area contributed by atoms with Gasteiger partial charge in [-0.1, -0.05) is 12.5 Å². The molecule has 0 radical (unpaired) electrons. The van der Waals surface area contributed by atoms with Crippen LogP contribution in [-0.2, 0) is 0 Å². The number of H-pyrrole nitrogens is 1. The summed E-state index contributed by atoms with van der Waals surface area (Å²) in [7, 11) is 0. The Morgan fingerprint density at radius 1 is 0.941 bits per heavy atom. The van der Waals surface area contributed by atoms with E-state index in [2.05, 4.69) is 15.2 Å². The number of nitrogens with zero attached hydrogens (tertiary/aromatic N) is 1. The highest BCUT2D eigenvalue weighted by Gasteiger charge is 2.14. The highest BCUT2D eigenvalue weighted by molar-refractivity contribution is 5.87. The van der Waals surface area contributed by atoms with E-state index in [0.717, 1.165) is 18.0 Å². The molecule has 3 aromatic rings. The Bertz CT molecular complexity index is 1110. The predicted octanol–water partition coefficient (Wildman–Crippen LogP) is 2.80. The second-order valence-corrected chi connectivity index (χ2v) is 8.58. The van der Waals surface area contributed by atoms with Gasteiger partial charge in [-0.3, -0.25) is 9.69 Å². The number of hydrogen-bond acceptors (Lipinski definition) is 7. The summed E-state index contributed by atoms with van der Waals surface area (Å²) < 4.78 is 11.6. The van der Waals surface area contributed by atoms with Crippen LogP contribution in [0.15, 0.2) is 53.3 Å². The van der Waals surface area contributed by atoms with Crippen molar-refractivity contribution in [1.82, 2.24) is 15.2 Å². The lowest BCUT2D eigenvalue weighted by Crippen LogP contribution is -2.33. The minimum Gasteiger partial charge on any atom is -0.506 e. The molecular formula is C26H33N3O5. The van der Waals surface area contributed by atoms with E-state index in [-0.39, 0.29) is 11.3 Å². The molecule has 1 fully saturated rings. The van der Waals surface area contributed by atoms with Gasteiger partial charge in [-0.05, 0) is 67.9 Å². The Morgan fingerprint density at radius 2 is 1.65 bits per heavy atom. The molecule has 1 aliphatic heterocycles. The van der Waals surface area contributed by atoms with Crippen molar-refractivity contribution in [1.29, 1.82) is 0 Å². The summed E-state index contributed by atoms with van der Waals surface area (Å²) in [4.78, 5) is 16.6. The summed E-state index contributed by atoms with van der Waals surface area (Å²) in [5, 5.41) is 24.4. The number of aliphatic hydroxyl groups excluding tert-OH is 1. The summed E-state index contributed by atoms with van der Waals surface area (Å²) in [5.41, 5.74) is 0.654. The first kappa shape index (κ1) is 24.1. The first-order valence-corrected chi connectivity index (χ1v) is 11.9. The summed E-state index contributed by atoms with van der Waals surface area (Å²) in [6, 6.07) is 13.8. The summed E-state index contributed by atoms with van der Waals surface area (Å²) >= 11 is 0. The van der Waals surface area contributed by atoms with E-state index < -0.39 is 6.10 Å². The van der Waals surface area contributed by atoms with Crippen molar-refractivity contribution in [3.05, 3.63) is 64.4 Å². The Labute approximate surface area is 199 Å². The van der Waals surface area contributed by atoms with Crippen LogP contribution in [0.25, 0.3) is 10.9 Å². The summed E-state index contributed by atoms with van der Waals surface area (Å²) in [5.74, 6) is 1.58. The number of aliphatic hydroxyl groups is 1. The van der Waals surface area contributed by atoms with Gasteiger partial charge in [0.25, 0.3) is 0 Å². The number of fused-ring (bicyclic) bond motifs is 1. The largest absolute Gasteiger partial charge is 0.506 e. The maximum atomic E-state index is 11.5. The van der Waals surface area contributed by atoms with Crippen molar-refractivity contribution >= 4 is 10.9 Å². The number of aromatic hydroxyl groups is 1. The molecule has 1 saturated heterocycles. The molecule has 4 rings (SSSR count). The number of ether oxygens (including phenoxy) is 2. The molecule has 0 saturated carbocycles. The van der Waals surface area contributed by atoms with E-state index >= 15 is 0 Å². The van der Waals surface area contributed by atoms with Crippen molar-refractivity contribution in [2.75, 3.05) is 45.9 Å². The molecule has 8 nitrogen and oxygen atoms in total. The van der Waals surface area contributed by atoms with Crippen LogP contribution in [0.4, 0.5) is 0 Å². The summed E-state index contributed by atoms with van der Waals surface area (Å²) in [6.45, 7) is 5.32. The fraction of sp³-hybridized carbons (Fsp3) is 0.423. The molecule has 0 amide bonds. The summed E-state index contributed by atoms with van der Waals surface area (Å²) in [6.07, 6.45) is 3.12. The zero-order chi connectivity index (χ0) is 23.8. The average Bonchev–Trinajstić information content (AvgIpc) is 2.86. The number of nitrogens with one attached hydrogen (secondary N) is 2. The molecule has 4 N–H and O–H groups in total. The van der Waals surface area contributed by atoms with E-state index in [9.17, 15) is 15.0 Å². The Morgan fingerprint density at radius 3 is 2.38 bits per heavy atom. The van der Waals surface area contributed by atoms with Gasteiger partial charge >= 0.3 is 0 Å². The lowest BCUT2D eigenvalue weighted by atomic mass is 10.0. The molecule has 0 aliphatic carbocycles. The molecule has 1 aliphatic rings. The smallest absolute Gasteiger partial charge is 0.248 e. The van der Waals surface area contributed by atoms with Gasteiger partial charge in [-0.2, -0.15) is 0 Å². The lowest BCUT2D eigenvalue weighted by Gasteiger charge is -2.26. The number of rotatable bonds is 11. The van der Waals surface area contributed by atoms with Crippen molar-refractivity contribution < 1.29 is 19.7 Å². The number of phenolic OH excluding ortho intramolecular Hbond substituents is 1. The lowest BCUT2D eigenvalue weighted by molar-refractivity contribution is 0.173. The van der Waals surface area contributed by atoms with Gasteiger partial charge in [0.1, 0.15) is 30.5 Å². The van der Waals surface area contributed by atoms with Crippen LogP contribution in [0.1, 0.15) is 30.9 Å². The first-order valence-electron chi connectivity index (χ1n) is 11.9. The van der Waals surface area contributed by atoms with E-state index in [1.807, 2.05) is 24.3 Å². The second-order valence-electron chi connectivity index (χ2n) is 8.58. The molecule has 2 aromatic carbocycles. The third-order valence-corrected chi connectivity index (χ3v) is 6.10. The molecule has 34 heavy (non-hydrogen) atoms. The first-order chi connectivity index (χ1) is 16.6. The number of aromatic nitrogens is 1. The van der Waals surface area contributed by atoms with Crippen molar-refractivity contribution in [2.45, 2.75) is 25.4 Å². The number of likely N-dealkylation sites (tertiary alicyclic amines) is 1. The number of piperidine rings is 1. The van der Waals surface area contributed by atoms with E-state index in [4.69, 9.17) is 9.47 Å². The van der Waals surface area contributed by atoms with Crippen molar-refractivity contribution in [3.8, 4) is 17.2 Å². The maximum Gasteiger partial charge on any atom is 0.248 e. The van der Waals surface area contributed by atoms with Gasteiger partial charge < -0.3 is 30.0 Å². The van der Waals surface area contributed by atoms with Gasteiger partial charge in [-0.15, -0.1) is 0 Å². The number of benzene rings is 2. The fourth-order valence-corrected chi connectivity index (χ4v) is 4.25. The number of aromatic amines is 1. The molecule has 0 spiro atoms. The Hall–Kier alpha value is -3.07. The molecule has 182 valence electrons. The van der Waals surface area contributed by atoms with Crippen LogP contribution in [0.3, 0.4) is 0 Å².